The number of hydrogen-bond donors (Lipinski definition) is 0. The first-order valence-corrected chi connectivity index (χ1v) is 4.26. The van der Waals surface area contributed by atoms with E-state index in [0.29, 0.717) is 11.1 Å². The number of carbonyl (C=O) groups is 2. The van der Waals surface area contributed by atoms with Gasteiger partial charge in [0, 0.05) is 25.3 Å². The van der Waals surface area contributed by atoms with Crippen LogP contribution in [0.5, 0.6) is 0 Å². The first kappa shape index (κ1) is 10.6. The Labute approximate surface area is 82.7 Å². The van der Waals surface area contributed by atoms with E-state index in [-0.39, 0.29) is 18.0 Å². The normalized spacial score (nSPS) is 13.3. The van der Waals surface area contributed by atoms with Crippen molar-refractivity contribution in [1.29, 1.82) is 0 Å². The highest BCUT2D eigenvalue weighted by Crippen LogP contribution is 2.20. The number of methoxy groups -OCH3 is 1. The Bertz CT molecular complexity index is 322. The summed E-state index contributed by atoms with van der Waals surface area (Å²) in [6, 6.07) is 6.94. The van der Waals surface area contributed by atoms with Gasteiger partial charge in [-0.05, 0) is 0 Å². The summed E-state index contributed by atoms with van der Waals surface area (Å²) in [6.45, 7) is 0. The molecule has 0 saturated carbocycles. The van der Waals surface area contributed by atoms with Gasteiger partial charge in [0.05, 0.1) is 6.42 Å². The minimum Gasteiger partial charge on any atom is -0.388 e. The minimum absolute atomic E-state index is 0.0504. The van der Waals surface area contributed by atoms with Gasteiger partial charge in [-0.15, -0.1) is 0 Å². The summed E-state index contributed by atoms with van der Waals surface area (Å²) in [6.07, 6.45) is 0.0549. The molecule has 74 valence electrons. The zero-order valence-electron chi connectivity index (χ0n) is 8.24. The van der Waals surface area contributed by atoms with Gasteiger partial charge in [0.1, 0.15) is 0 Å². The van der Waals surface area contributed by atoms with Gasteiger partial charge in [0.15, 0.2) is 11.6 Å². The van der Waals surface area contributed by atoms with E-state index in [4.69, 9.17) is 0 Å². The van der Waals surface area contributed by atoms with Gasteiger partial charge in [-0.2, -0.15) is 0 Å². The Hall–Kier alpha value is -1.48. The fraction of sp³-hybridized carbons (Fsp3) is 0.273. The second-order valence-corrected chi connectivity index (χ2v) is 2.98. The summed E-state index contributed by atoms with van der Waals surface area (Å²) in [4.78, 5) is 22.1. The van der Waals surface area contributed by atoms with Crippen LogP contribution in [-0.2, 0) is 4.74 Å². The van der Waals surface area contributed by atoms with Crippen molar-refractivity contribution in [2.75, 3.05) is 14.2 Å². The standard InChI is InChI=1S/C9H6O2.C2H6O/c10-8-5-9(11)7-4-2-1-3-6(7)8;1-3-2/h1-4H,5H2;1-2H3. The maximum Gasteiger partial charge on any atom is 0.171 e. The van der Waals surface area contributed by atoms with Gasteiger partial charge in [-0.3, -0.25) is 9.59 Å². The average molecular weight is 192 g/mol. The van der Waals surface area contributed by atoms with Gasteiger partial charge in [0.2, 0.25) is 0 Å². The van der Waals surface area contributed by atoms with Crippen LogP contribution in [0.15, 0.2) is 24.3 Å². The van der Waals surface area contributed by atoms with Crippen LogP contribution in [0.25, 0.3) is 0 Å². The van der Waals surface area contributed by atoms with E-state index < -0.39 is 0 Å². The van der Waals surface area contributed by atoms with Crippen molar-refractivity contribution in [3.05, 3.63) is 35.4 Å². The Morgan fingerprint density at radius 2 is 1.36 bits per heavy atom. The molecule has 1 aliphatic carbocycles. The van der Waals surface area contributed by atoms with Crippen LogP contribution in [0.1, 0.15) is 27.1 Å². The summed E-state index contributed by atoms with van der Waals surface area (Å²) in [5, 5.41) is 0. The van der Waals surface area contributed by atoms with Crippen LogP contribution in [0.3, 0.4) is 0 Å². The summed E-state index contributed by atoms with van der Waals surface area (Å²) in [5.41, 5.74) is 1.16. The van der Waals surface area contributed by atoms with Crippen molar-refractivity contribution in [1.82, 2.24) is 0 Å². The Balaban J connectivity index is 0.000000293. The molecule has 3 heteroatoms. The fourth-order valence-electron chi connectivity index (χ4n) is 1.31. The molecule has 0 aliphatic heterocycles. The Kier molecular flexibility index (Phi) is 3.54. The highest BCUT2D eigenvalue weighted by Gasteiger charge is 2.25. The molecule has 1 aromatic carbocycles. The van der Waals surface area contributed by atoms with Crippen molar-refractivity contribution in [2.45, 2.75) is 6.42 Å². The lowest BCUT2D eigenvalue weighted by Crippen LogP contribution is -1.90. The first-order chi connectivity index (χ1) is 6.70. The highest BCUT2D eigenvalue weighted by atomic mass is 16.4. The second-order valence-electron chi connectivity index (χ2n) is 2.98. The maximum absolute atomic E-state index is 11.1. The Morgan fingerprint density at radius 1 is 1.00 bits per heavy atom. The van der Waals surface area contributed by atoms with Gasteiger partial charge < -0.3 is 4.74 Å². The van der Waals surface area contributed by atoms with Crippen molar-refractivity contribution in [3.8, 4) is 0 Å². The third kappa shape index (κ3) is 2.06. The maximum atomic E-state index is 11.1. The Morgan fingerprint density at radius 3 is 1.71 bits per heavy atom. The van der Waals surface area contributed by atoms with Gasteiger partial charge in [0.25, 0.3) is 0 Å². The molecule has 0 saturated heterocycles. The molecule has 3 nitrogen and oxygen atoms in total. The van der Waals surface area contributed by atoms with Crippen LogP contribution >= 0.6 is 0 Å². The van der Waals surface area contributed by atoms with Crippen LogP contribution in [0, 0.1) is 0 Å². The van der Waals surface area contributed by atoms with E-state index in [1.807, 2.05) is 0 Å². The molecule has 14 heavy (non-hydrogen) atoms. The molecular formula is C11H12O3. The zero-order chi connectivity index (χ0) is 10.6. The second kappa shape index (κ2) is 4.67. The van der Waals surface area contributed by atoms with Crippen molar-refractivity contribution in [3.63, 3.8) is 0 Å². The number of rotatable bonds is 0. The minimum atomic E-state index is -0.0504. The molecule has 0 bridgehead atoms. The number of Topliss-reactive ketones (excluding diaryl/α,β-unsaturated/α-hetero) is 2. The number of hydrogen-bond acceptors (Lipinski definition) is 3. The van der Waals surface area contributed by atoms with Crippen molar-refractivity contribution >= 4 is 11.6 Å². The topological polar surface area (TPSA) is 43.4 Å². The fourth-order valence-corrected chi connectivity index (χ4v) is 1.31. The quantitative estimate of drug-likeness (QED) is 0.588. The molecule has 0 atom stereocenters. The van der Waals surface area contributed by atoms with Crippen LogP contribution in [0.2, 0.25) is 0 Å². The third-order valence-electron chi connectivity index (χ3n) is 1.85. The molecule has 0 heterocycles. The van der Waals surface area contributed by atoms with Crippen LogP contribution < -0.4 is 0 Å². The molecular weight excluding hydrogens is 180 g/mol. The van der Waals surface area contributed by atoms with Gasteiger partial charge >= 0.3 is 0 Å². The molecule has 0 fully saturated rings. The number of fused-ring (bicyclic) bond motifs is 1. The molecule has 0 unspecified atom stereocenters. The lowest BCUT2D eigenvalue weighted by atomic mass is 10.1. The first-order valence-electron chi connectivity index (χ1n) is 4.26. The monoisotopic (exact) mass is 192 g/mol. The molecule has 0 N–H and O–H groups in total. The SMILES string of the molecule is COC.O=C1CC(=O)c2ccccc21. The highest BCUT2D eigenvalue weighted by molar-refractivity contribution is 6.24. The average Bonchev–Trinajstić information content (AvgIpc) is 2.45. The molecule has 0 aromatic heterocycles. The van der Waals surface area contributed by atoms with E-state index in [9.17, 15) is 9.59 Å². The summed E-state index contributed by atoms with van der Waals surface area (Å²) < 4.78 is 4.25. The number of carbonyl (C=O) groups excluding carboxylic acids is 2. The van der Waals surface area contributed by atoms with Crippen LogP contribution in [0.4, 0.5) is 0 Å². The molecule has 0 radical (unpaired) electrons. The smallest absolute Gasteiger partial charge is 0.171 e. The van der Waals surface area contributed by atoms with Gasteiger partial charge in [-0.25, -0.2) is 0 Å². The molecule has 0 amide bonds. The van der Waals surface area contributed by atoms with E-state index in [2.05, 4.69) is 4.74 Å². The van der Waals surface area contributed by atoms with Crippen LogP contribution in [-0.4, -0.2) is 25.8 Å². The van der Waals surface area contributed by atoms with E-state index in [0.717, 1.165) is 0 Å². The number of benzene rings is 1. The predicted octanol–water partition coefficient (Wildman–Crippen LogP) is 1.72. The van der Waals surface area contributed by atoms with E-state index >= 15 is 0 Å². The van der Waals surface area contributed by atoms with Crippen molar-refractivity contribution < 1.29 is 14.3 Å². The number of ether oxygens (including phenoxy) is 1. The largest absolute Gasteiger partial charge is 0.388 e. The lowest BCUT2D eigenvalue weighted by molar-refractivity contribution is 0.0923. The number of ketones is 2. The third-order valence-corrected chi connectivity index (χ3v) is 1.85. The molecule has 1 aliphatic rings. The zero-order valence-corrected chi connectivity index (χ0v) is 8.24. The van der Waals surface area contributed by atoms with E-state index in [1.54, 1.807) is 38.5 Å². The lowest BCUT2D eigenvalue weighted by Gasteiger charge is -1.90. The van der Waals surface area contributed by atoms with E-state index in [1.165, 1.54) is 0 Å². The molecule has 0 spiro atoms. The molecule has 2 rings (SSSR count). The predicted molar refractivity (Wildman–Crippen MR) is 52.7 cm³/mol. The summed E-state index contributed by atoms with van der Waals surface area (Å²) in [7, 11) is 3.25. The van der Waals surface area contributed by atoms with Gasteiger partial charge in [-0.1, -0.05) is 24.3 Å². The molecule has 1 aromatic rings. The summed E-state index contributed by atoms with van der Waals surface area (Å²) in [5.74, 6) is -0.101. The van der Waals surface area contributed by atoms with Crippen molar-refractivity contribution in [2.24, 2.45) is 0 Å². The summed E-state index contributed by atoms with van der Waals surface area (Å²) >= 11 is 0.